The van der Waals surface area contributed by atoms with Crippen molar-refractivity contribution in [1.29, 1.82) is 5.41 Å². The summed E-state index contributed by atoms with van der Waals surface area (Å²) in [5, 5.41) is 15.3. The Bertz CT molecular complexity index is 1870. The van der Waals surface area contributed by atoms with E-state index in [1.807, 2.05) is 4.57 Å². The fourth-order valence-corrected chi connectivity index (χ4v) is 4.74. The Labute approximate surface area is 175 Å². The molecule has 0 bridgehead atoms. The molecule has 3 N–H and O–H groups in total. The summed E-state index contributed by atoms with van der Waals surface area (Å²) in [5.74, 6) is 0. The molecule has 3 aromatic heterocycles. The predicted molar refractivity (Wildman–Crippen MR) is 123 cm³/mol. The number of rotatable bonds is 1. The molecule has 3 heterocycles. The zero-order valence-electron chi connectivity index (χ0n) is 16.3. The van der Waals surface area contributed by atoms with Crippen LogP contribution in [0.2, 0.25) is 0 Å². The second-order valence-electron chi connectivity index (χ2n) is 7.77. The van der Waals surface area contributed by atoms with E-state index >= 15 is 0 Å². The van der Waals surface area contributed by atoms with E-state index in [1.165, 1.54) is 26.9 Å². The van der Waals surface area contributed by atoms with Gasteiger partial charge in [0.15, 0.2) is 11.1 Å². The molecule has 0 saturated carbocycles. The Hall–Kier alpha value is -4.45. The summed E-state index contributed by atoms with van der Waals surface area (Å²) < 4.78 is 1.95. The highest BCUT2D eigenvalue weighted by Crippen LogP contribution is 2.39. The molecule has 0 saturated heterocycles. The van der Waals surface area contributed by atoms with E-state index in [0.717, 1.165) is 22.1 Å². The van der Waals surface area contributed by atoms with Crippen molar-refractivity contribution < 1.29 is 0 Å². The van der Waals surface area contributed by atoms with E-state index in [1.54, 1.807) is 12.7 Å². The van der Waals surface area contributed by atoms with Crippen molar-refractivity contribution in [2.24, 2.45) is 0 Å². The van der Waals surface area contributed by atoms with Gasteiger partial charge in [-0.2, -0.15) is 0 Å². The third kappa shape index (κ3) is 2.13. The maximum Gasteiger partial charge on any atom is 0.173 e. The molecule has 0 aliphatic carbocycles. The number of hydrogen-bond donors (Lipinski definition) is 3. The molecule has 0 atom stereocenters. The summed E-state index contributed by atoms with van der Waals surface area (Å²) >= 11 is 0. The van der Waals surface area contributed by atoms with Crippen LogP contribution in [-0.2, 0) is 0 Å². The van der Waals surface area contributed by atoms with Crippen LogP contribution in [0.5, 0.6) is 0 Å². The largest absolute Gasteiger partial charge is 0.353 e. The summed E-state index contributed by atoms with van der Waals surface area (Å²) in [6.45, 7) is 0. The van der Waals surface area contributed by atoms with Gasteiger partial charge in [0.2, 0.25) is 0 Å². The molecule has 0 aliphatic rings. The summed E-state index contributed by atoms with van der Waals surface area (Å²) in [6, 6.07) is 23.4. The second-order valence-corrected chi connectivity index (χ2v) is 7.77. The first-order valence-electron chi connectivity index (χ1n) is 10.1. The minimum atomic E-state index is 0.184. The van der Waals surface area contributed by atoms with Crippen LogP contribution in [0, 0.1) is 5.41 Å². The Morgan fingerprint density at radius 3 is 2.42 bits per heavy atom. The third-order valence-electron chi connectivity index (χ3n) is 6.11. The van der Waals surface area contributed by atoms with Gasteiger partial charge in [-0.3, -0.25) is 9.98 Å². The van der Waals surface area contributed by atoms with Crippen LogP contribution in [0.3, 0.4) is 0 Å². The van der Waals surface area contributed by atoms with E-state index in [0.29, 0.717) is 11.2 Å². The van der Waals surface area contributed by atoms with Gasteiger partial charge < -0.3 is 9.97 Å². The maximum atomic E-state index is 8.11. The zero-order chi connectivity index (χ0) is 20.5. The molecule has 7 aromatic rings. The van der Waals surface area contributed by atoms with Gasteiger partial charge in [0, 0.05) is 16.3 Å². The van der Waals surface area contributed by atoms with Crippen LogP contribution in [0.4, 0.5) is 0 Å². The van der Waals surface area contributed by atoms with Gasteiger partial charge in [-0.25, -0.2) is 9.97 Å². The average Bonchev–Trinajstić information content (AvgIpc) is 3.45. The van der Waals surface area contributed by atoms with E-state index in [2.05, 4.69) is 86.7 Å². The van der Waals surface area contributed by atoms with Crippen LogP contribution >= 0.6 is 0 Å². The number of nitrogens with one attached hydrogen (secondary N) is 3. The van der Waals surface area contributed by atoms with E-state index in [4.69, 9.17) is 5.41 Å². The molecule has 0 aliphatic heterocycles. The molecular formula is C25H16N6. The van der Waals surface area contributed by atoms with Crippen LogP contribution in [-0.4, -0.2) is 24.5 Å². The van der Waals surface area contributed by atoms with E-state index < -0.39 is 0 Å². The number of nitrogens with zero attached hydrogens (tertiary/aromatic N) is 3. The van der Waals surface area contributed by atoms with Crippen molar-refractivity contribution in [3.8, 4) is 5.69 Å². The first-order valence-corrected chi connectivity index (χ1v) is 10.1. The lowest BCUT2D eigenvalue weighted by Gasteiger charge is -2.11. The second kappa shape index (κ2) is 5.79. The van der Waals surface area contributed by atoms with Crippen molar-refractivity contribution in [3.05, 3.63) is 84.9 Å². The summed E-state index contributed by atoms with van der Waals surface area (Å²) in [5.41, 5.74) is 4.56. The van der Waals surface area contributed by atoms with Crippen molar-refractivity contribution in [2.75, 3.05) is 0 Å². The molecule has 0 amide bonds. The number of aromatic amines is 2. The molecule has 31 heavy (non-hydrogen) atoms. The lowest BCUT2D eigenvalue weighted by Crippen LogP contribution is -2.11. The minimum absolute atomic E-state index is 0.184. The standard InChI is InChI=1S/C25H16N6/c26-24-23-25(28-12-27-23)31(13-29-24)19-11-15-6-2-4-8-17(15)21-20-16-7-3-1-5-14(16)9-10-18(20)30-22(19)21/h1-13,26,30H,(H,27,28). The van der Waals surface area contributed by atoms with Gasteiger partial charge in [0.25, 0.3) is 0 Å². The van der Waals surface area contributed by atoms with Crippen molar-refractivity contribution in [1.82, 2.24) is 24.5 Å². The monoisotopic (exact) mass is 400 g/mol. The molecule has 6 heteroatoms. The Morgan fingerprint density at radius 1 is 0.774 bits per heavy atom. The Kier molecular flexibility index (Phi) is 3.06. The lowest BCUT2D eigenvalue weighted by molar-refractivity contribution is 0.976. The number of fused-ring (bicyclic) bond motifs is 8. The first-order chi connectivity index (χ1) is 15.3. The number of H-pyrrole nitrogens is 2. The van der Waals surface area contributed by atoms with E-state index in [9.17, 15) is 0 Å². The molecule has 4 aromatic carbocycles. The maximum absolute atomic E-state index is 8.11. The molecular weight excluding hydrogens is 384 g/mol. The molecule has 6 nitrogen and oxygen atoms in total. The highest BCUT2D eigenvalue weighted by molar-refractivity contribution is 6.29. The number of aromatic nitrogens is 5. The van der Waals surface area contributed by atoms with Crippen molar-refractivity contribution in [2.45, 2.75) is 0 Å². The lowest BCUT2D eigenvalue weighted by atomic mass is 9.99. The highest BCUT2D eigenvalue weighted by atomic mass is 15.1. The minimum Gasteiger partial charge on any atom is -0.353 e. The van der Waals surface area contributed by atoms with Gasteiger partial charge >= 0.3 is 0 Å². The first kappa shape index (κ1) is 16.4. The smallest absolute Gasteiger partial charge is 0.173 e. The average molecular weight is 400 g/mol. The molecule has 0 radical (unpaired) electrons. The fourth-order valence-electron chi connectivity index (χ4n) is 4.74. The van der Waals surface area contributed by atoms with Crippen LogP contribution in [0.1, 0.15) is 0 Å². The van der Waals surface area contributed by atoms with E-state index in [-0.39, 0.29) is 5.49 Å². The topological polar surface area (TPSA) is 86.1 Å². The summed E-state index contributed by atoms with van der Waals surface area (Å²) in [6.07, 6.45) is 3.29. The van der Waals surface area contributed by atoms with Gasteiger partial charge in [0.1, 0.15) is 11.8 Å². The Morgan fingerprint density at radius 2 is 1.55 bits per heavy atom. The number of benzene rings is 4. The molecule has 0 unspecified atom stereocenters. The predicted octanol–water partition coefficient (Wildman–Crippen LogP) is 5.17. The van der Waals surface area contributed by atoms with Crippen LogP contribution < -0.4 is 5.49 Å². The molecule has 0 spiro atoms. The van der Waals surface area contributed by atoms with Gasteiger partial charge in [-0.1, -0.05) is 54.6 Å². The van der Waals surface area contributed by atoms with Crippen molar-refractivity contribution >= 4 is 54.5 Å². The highest BCUT2D eigenvalue weighted by Gasteiger charge is 2.17. The number of imidazole rings is 1. The summed E-state index contributed by atoms with van der Waals surface area (Å²) in [4.78, 5) is 15.5. The zero-order valence-corrected chi connectivity index (χ0v) is 16.3. The van der Waals surface area contributed by atoms with Gasteiger partial charge in [-0.05, 0) is 33.7 Å². The van der Waals surface area contributed by atoms with Crippen LogP contribution in [0.25, 0.3) is 60.2 Å². The quantitative estimate of drug-likeness (QED) is 0.355. The fraction of sp³-hybridized carbons (Fsp3) is 0. The molecule has 146 valence electrons. The third-order valence-corrected chi connectivity index (χ3v) is 6.11. The van der Waals surface area contributed by atoms with Gasteiger partial charge in [-0.15, -0.1) is 0 Å². The molecule has 7 rings (SSSR count). The van der Waals surface area contributed by atoms with Crippen LogP contribution in [0.15, 0.2) is 79.4 Å². The summed E-state index contributed by atoms with van der Waals surface area (Å²) in [7, 11) is 0. The van der Waals surface area contributed by atoms with Crippen molar-refractivity contribution in [3.63, 3.8) is 0 Å². The molecule has 0 fully saturated rings. The normalized spacial score (nSPS) is 12.0. The number of hydrogen-bond acceptors (Lipinski definition) is 3. The Balaban J connectivity index is 1.76. The van der Waals surface area contributed by atoms with Gasteiger partial charge in [0.05, 0.1) is 17.5 Å². The SMILES string of the molecule is N=c1ncn(-c2cc3ccccc3c3c2[nH]c2ccc4ccccc4c23)c2nc[nH]c12.